The molecule has 0 radical (unpaired) electrons. The third kappa shape index (κ3) is 2.80. The zero-order valence-corrected chi connectivity index (χ0v) is 10.7. The van der Waals surface area contributed by atoms with E-state index >= 15 is 0 Å². The zero-order valence-electron chi connectivity index (χ0n) is 10.7. The van der Waals surface area contributed by atoms with Gasteiger partial charge in [-0.15, -0.1) is 0 Å². The van der Waals surface area contributed by atoms with E-state index in [-0.39, 0.29) is 31.0 Å². The first-order valence-electron chi connectivity index (χ1n) is 6.27. The molecule has 0 saturated carbocycles. The van der Waals surface area contributed by atoms with Crippen LogP contribution in [0.25, 0.3) is 0 Å². The molecule has 17 heavy (non-hydrogen) atoms. The van der Waals surface area contributed by atoms with Crippen molar-refractivity contribution in [1.29, 1.82) is 0 Å². The monoisotopic (exact) mass is 246 g/mol. The first kappa shape index (κ1) is 13.2. The summed E-state index contributed by atoms with van der Waals surface area (Å²) in [6.45, 7) is 7.03. The second kappa shape index (κ2) is 5.20. The predicted octanol–water partition coefficient (Wildman–Crippen LogP) is 0.898. The van der Waals surface area contributed by atoms with Gasteiger partial charge in [0.1, 0.15) is 6.10 Å². The van der Waals surface area contributed by atoms with Crippen molar-refractivity contribution in [3.63, 3.8) is 0 Å². The minimum Gasteiger partial charge on any atom is -0.394 e. The highest BCUT2D eigenvalue weighted by Crippen LogP contribution is 2.40. The van der Waals surface area contributed by atoms with Crippen molar-refractivity contribution in [2.75, 3.05) is 19.8 Å². The maximum Gasteiger partial charge on any atom is 0.188 e. The Morgan fingerprint density at radius 1 is 1.29 bits per heavy atom. The fraction of sp³-hybridized carbons (Fsp3) is 1.00. The van der Waals surface area contributed by atoms with Gasteiger partial charge in [-0.2, -0.15) is 0 Å². The maximum atomic E-state index is 9.29. The van der Waals surface area contributed by atoms with Crippen molar-refractivity contribution >= 4 is 0 Å². The van der Waals surface area contributed by atoms with Crippen LogP contribution in [0.15, 0.2) is 0 Å². The van der Waals surface area contributed by atoms with E-state index < -0.39 is 5.79 Å². The summed E-state index contributed by atoms with van der Waals surface area (Å²) in [5.74, 6) is -0.572. The van der Waals surface area contributed by atoms with E-state index in [1.807, 2.05) is 13.8 Å². The summed E-state index contributed by atoms with van der Waals surface area (Å²) in [7, 11) is 0. The van der Waals surface area contributed by atoms with Crippen LogP contribution in [0.1, 0.15) is 27.2 Å². The minimum absolute atomic E-state index is 0.0275. The molecule has 2 saturated heterocycles. The van der Waals surface area contributed by atoms with Gasteiger partial charge in [0.2, 0.25) is 0 Å². The molecule has 2 fully saturated rings. The zero-order chi connectivity index (χ0) is 12.5. The van der Waals surface area contributed by atoms with Gasteiger partial charge in [0, 0.05) is 12.5 Å². The van der Waals surface area contributed by atoms with E-state index in [2.05, 4.69) is 6.92 Å². The lowest BCUT2D eigenvalue weighted by atomic mass is 10.00. The molecule has 2 aliphatic rings. The molecule has 0 amide bonds. The van der Waals surface area contributed by atoms with Gasteiger partial charge in [0.15, 0.2) is 12.1 Å². The molecule has 0 bridgehead atoms. The Labute approximate surface area is 102 Å². The fourth-order valence-electron chi connectivity index (χ4n) is 2.38. The quantitative estimate of drug-likeness (QED) is 0.730. The third-order valence-corrected chi connectivity index (χ3v) is 3.14. The van der Waals surface area contributed by atoms with Crippen LogP contribution in [0.2, 0.25) is 0 Å². The van der Waals surface area contributed by atoms with E-state index in [1.165, 1.54) is 0 Å². The summed E-state index contributed by atoms with van der Waals surface area (Å²) < 4.78 is 22.6. The van der Waals surface area contributed by atoms with Crippen molar-refractivity contribution in [3.8, 4) is 0 Å². The van der Waals surface area contributed by atoms with E-state index in [0.717, 1.165) is 13.0 Å². The van der Waals surface area contributed by atoms with Gasteiger partial charge in [-0.25, -0.2) is 0 Å². The molecular formula is C12H22O5. The first-order valence-corrected chi connectivity index (χ1v) is 6.27. The number of aliphatic hydroxyl groups is 1. The highest BCUT2D eigenvalue weighted by Gasteiger charge is 2.54. The van der Waals surface area contributed by atoms with Gasteiger partial charge in [0.05, 0.1) is 19.3 Å². The van der Waals surface area contributed by atoms with Crippen molar-refractivity contribution < 1.29 is 24.1 Å². The van der Waals surface area contributed by atoms with Crippen molar-refractivity contribution in [3.05, 3.63) is 0 Å². The third-order valence-electron chi connectivity index (χ3n) is 3.14. The predicted molar refractivity (Wildman–Crippen MR) is 60.4 cm³/mol. The van der Waals surface area contributed by atoms with Crippen molar-refractivity contribution in [1.82, 2.24) is 0 Å². The van der Waals surface area contributed by atoms with Crippen LogP contribution in [-0.4, -0.2) is 49.2 Å². The van der Waals surface area contributed by atoms with Gasteiger partial charge >= 0.3 is 0 Å². The molecule has 0 aromatic carbocycles. The molecule has 5 heteroatoms. The Hall–Kier alpha value is -0.200. The van der Waals surface area contributed by atoms with Crippen LogP contribution < -0.4 is 0 Å². The van der Waals surface area contributed by atoms with Crippen molar-refractivity contribution in [2.24, 2.45) is 5.92 Å². The van der Waals surface area contributed by atoms with Crippen molar-refractivity contribution in [2.45, 2.75) is 51.5 Å². The average molecular weight is 246 g/mol. The largest absolute Gasteiger partial charge is 0.394 e. The lowest BCUT2D eigenvalue weighted by molar-refractivity contribution is -0.215. The van der Waals surface area contributed by atoms with Crippen LogP contribution >= 0.6 is 0 Å². The smallest absolute Gasteiger partial charge is 0.188 e. The van der Waals surface area contributed by atoms with Crippen LogP contribution in [0.3, 0.4) is 0 Å². The number of hydrogen-bond donors (Lipinski definition) is 1. The molecule has 0 spiro atoms. The number of rotatable bonds is 5. The molecule has 0 aromatic heterocycles. The summed E-state index contributed by atoms with van der Waals surface area (Å²) >= 11 is 0. The average Bonchev–Trinajstić information content (AvgIpc) is 2.72. The summed E-state index contributed by atoms with van der Waals surface area (Å²) in [6.07, 6.45) is 0.211. The van der Waals surface area contributed by atoms with E-state index in [1.54, 1.807) is 0 Å². The Kier molecular flexibility index (Phi) is 4.05. The maximum absolute atomic E-state index is 9.29. The van der Waals surface area contributed by atoms with Gasteiger partial charge in [0.25, 0.3) is 0 Å². The molecule has 0 aliphatic carbocycles. The Morgan fingerprint density at radius 3 is 2.71 bits per heavy atom. The Morgan fingerprint density at radius 2 is 2.06 bits per heavy atom. The second-order valence-electron chi connectivity index (χ2n) is 5.06. The summed E-state index contributed by atoms with van der Waals surface area (Å²) in [5, 5.41) is 9.29. The SMILES string of the molecule is CCCOC[C@H]1[C@H]2OC(C)(C)O[C@H]2O[C@@H]1CO. The molecule has 0 aromatic rings. The highest BCUT2D eigenvalue weighted by molar-refractivity contribution is 4.92. The summed E-state index contributed by atoms with van der Waals surface area (Å²) in [5.41, 5.74) is 0. The molecule has 2 rings (SSSR count). The molecular weight excluding hydrogens is 224 g/mol. The topological polar surface area (TPSA) is 57.2 Å². The first-order chi connectivity index (χ1) is 8.07. The Bertz CT molecular complexity index is 255. The van der Waals surface area contributed by atoms with Crippen LogP contribution in [0, 0.1) is 5.92 Å². The van der Waals surface area contributed by atoms with Gasteiger partial charge < -0.3 is 24.1 Å². The van der Waals surface area contributed by atoms with E-state index in [0.29, 0.717) is 6.61 Å². The van der Waals surface area contributed by atoms with Crippen LogP contribution in [-0.2, 0) is 18.9 Å². The van der Waals surface area contributed by atoms with Gasteiger partial charge in [-0.05, 0) is 20.3 Å². The van der Waals surface area contributed by atoms with Crippen LogP contribution in [0.4, 0.5) is 0 Å². The van der Waals surface area contributed by atoms with E-state index in [4.69, 9.17) is 18.9 Å². The standard InChI is InChI=1S/C12H22O5/c1-4-5-14-7-8-9(6-13)15-11-10(8)16-12(2,3)17-11/h8-11,13H,4-7H2,1-3H3/t8-,9-,10-,11-/m1/s1. The number of ether oxygens (including phenoxy) is 4. The number of fused-ring (bicyclic) bond motifs is 1. The number of hydrogen-bond acceptors (Lipinski definition) is 5. The minimum atomic E-state index is -0.612. The summed E-state index contributed by atoms with van der Waals surface area (Å²) in [6, 6.07) is 0. The lowest BCUT2D eigenvalue weighted by Gasteiger charge is -2.24. The highest BCUT2D eigenvalue weighted by atomic mass is 16.8. The fourth-order valence-corrected chi connectivity index (χ4v) is 2.38. The van der Waals surface area contributed by atoms with Gasteiger partial charge in [-0.3, -0.25) is 0 Å². The Balaban J connectivity index is 1.95. The molecule has 2 aliphatic heterocycles. The van der Waals surface area contributed by atoms with Gasteiger partial charge in [-0.1, -0.05) is 6.92 Å². The molecule has 1 N–H and O–H groups in total. The number of aliphatic hydroxyl groups excluding tert-OH is 1. The molecule has 4 atom stereocenters. The van der Waals surface area contributed by atoms with E-state index in [9.17, 15) is 5.11 Å². The second-order valence-corrected chi connectivity index (χ2v) is 5.06. The molecule has 5 nitrogen and oxygen atoms in total. The molecule has 100 valence electrons. The summed E-state index contributed by atoms with van der Waals surface area (Å²) in [4.78, 5) is 0. The normalized spacial score (nSPS) is 39.5. The molecule has 2 heterocycles. The van der Waals surface area contributed by atoms with Crippen LogP contribution in [0.5, 0.6) is 0 Å². The molecule has 0 unspecified atom stereocenters. The lowest BCUT2D eigenvalue weighted by Crippen LogP contribution is -2.34.